The first-order valence-electron chi connectivity index (χ1n) is 6.14. The second-order valence-corrected chi connectivity index (χ2v) is 4.77. The quantitative estimate of drug-likeness (QED) is 0.934. The van der Waals surface area contributed by atoms with E-state index in [2.05, 4.69) is 10.4 Å². The van der Waals surface area contributed by atoms with Gasteiger partial charge in [-0.2, -0.15) is 5.10 Å². The molecular formula is C14H16ClN3O. The number of hydrogen-bond donors (Lipinski definition) is 1. The largest absolute Gasteiger partial charge is 0.321 e. The summed E-state index contributed by atoms with van der Waals surface area (Å²) in [5, 5.41) is 7.49. The summed E-state index contributed by atoms with van der Waals surface area (Å²) < 4.78 is 1.61. The van der Waals surface area contributed by atoms with Gasteiger partial charge in [0.1, 0.15) is 5.69 Å². The molecule has 19 heavy (non-hydrogen) atoms. The van der Waals surface area contributed by atoms with Gasteiger partial charge in [-0.15, -0.1) is 0 Å². The summed E-state index contributed by atoms with van der Waals surface area (Å²) >= 11 is 6.14. The zero-order valence-electron chi connectivity index (χ0n) is 11.2. The molecule has 1 N–H and O–H groups in total. The average Bonchev–Trinajstić information content (AvgIpc) is 2.65. The Bertz CT molecular complexity index is 619. The molecule has 0 spiro atoms. The number of aromatic nitrogens is 2. The number of amides is 1. The van der Waals surface area contributed by atoms with Crippen molar-refractivity contribution < 1.29 is 4.79 Å². The molecule has 1 amide bonds. The second kappa shape index (κ2) is 5.45. The van der Waals surface area contributed by atoms with Gasteiger partial charge in [0.15, 0.2) is 0 Å². The summed E-state index contributed by atoms with van der Waals surface area (Å²) in [5.74, 6) is -0.238. The summed E-state index contributed by atoms with van der Waals surface area (Å²) in [7, 11) is 0. The van der Waals surface area contributed by atoms with Crippen LogP contribution in [0, 0.1) is 13.8 Å². The number of aryl methyl sites for hydroxylation is 3. The lowest BCUT2D eigenvalue weighted by atomic mass is 10.2. The van der Waals surface area contributed by atoms with Crippen LogP contribution in [-0.2, 0) is 6.54 Å². The number of nitrogens with zero attached hydrogens (tertiary/aromatic N) is 2. The smallest absolute Gasteiger partial charge is 0.275 e. The summed E-state index contributed by atoms with van der Waals surface area (Å²) in [4.78, 5) is 12.3. The fourth-order valence-electron chi connectivity index (χ4n) is 1.92. The fraction of sp³-hybridized carbons (Fsp3) is 0.286. The molecule has 0 fully saturated rings. The van der Waals surface area contributed by atoms with Crippen molar-refractivity contribution in [2.24, 2.45) is 0 Å². The number of benzene rings is 1. The Labute approximate surface area is 117 Å². The van der Waals surface area contributed by atoms with E-state index >= 15 is 0 Å². The van der Waals surface area contributed by atoms with E-state index in [9.17, 15) is 4.79 Å². The van der Waals surface area contributed by atoms with Crippen LogP contribution in [0.3, 0.4) is 0 Å². The van der Waals surface area contributed by atoms with E-state index in [4.69, 9.17) is 11.6 Å². The van der Waals surface area contributed by atoms with Crippen LogP contribution in [0.4, 0.5) is 5.69 Å². The SMILES string of the molecule is CCn1nc(C)c(Cl)c1C(=O)Nc1cccc(C)c1. The molecule has 1 aromatic carbocycles. The number of rotatable bonds is 3. The molecule has 0 aliphatic carbocycles. The topological polar surface area (TPSA) is 46.9 Å². The summed E-state index contributed by atoms with van der Waals surface area (Å²) in [6, 6.07) is 7.63. The predicted molar refractivity (Wildman–Crippen MR) is 76.8 cm³/mol. The fourth-order valence-corrected chi connectivity index (χ4v) is 2.14. The third kappa shape index (κ3) is 2.79. The number of anilines is 1. The normalized spacial score (nSPS) is 10.5. The number of halogens is 1. The molecule has 0 bridgehead atoms. The van der Waals surface area contributed by atoms with Crippen LogP contribution in [0.2, 0.25) is 5.02 Å². The third-order valence-corrected chi connectivity index (χ3v) is 3.30. The van der Waals surface area contributed by atoms with Gasteiger partial charge < -0.3 is 5.32 Å². The maximum Gasteiger partial charge on any atom is 0.275 e. The highest BCUT2D eigenvalue weighted by Gasteiger charge is 2.19. The average molecular weight is 278 g/mol. The van der Waals surface area contributed by atoms with Gasteiger partial charge >= 0.3 is 0 Å². The molecule has 0 saturated heterocycles. The Morgan fingerprint density at radius 2 is 2.16 bits per heavy atom. The predicted octanol–water partition coefficient (Wildman–Crippen LogP) is 3.43. The van der Waals surface area contributed by atoms with E-state index in [-0.39, 0.29) is 5.91 Å². The van der Waals surface area contributed by atoms with E-state index in [1.807, 2.05) is 38.1 Å². The Morgan fingerprint density at radius 1 is 1.42 bits per heavy atom. The molecule has 1 aromatic heterocycles. The second-order valence-electron chi connectivity index (χ2n) is 4.39. The van der Waals surface area contributed by atoms with Gasteiger partial charge in [-0.3, -0.25) is 9.48 Å². The molecule has 4 nitrogen and oxygen atoms in total. The lowest BCUT2D eigenvalue weighted by molar-refractivity contribution is 0.101. The molecule has 0 saturated carbocycles. The van der Waals surface area contributed by atoms with E-state index in [1.54, 1.807) is 11.6 Å². The van der Waals surface area contributed by atoms with Crippen molar-refractivity contribution in [1.29, 1.82) is 0 Å². The van der Waals surface area contributed by atoms with Crippen LogP contribution in [-0.4, -0.2) is 15.7 Å². The first-order chi connectivity index (χ1) is 9.02. The van der Waals surface area contributed by atoms with E-state index in [0.717, 1.165) is 11.3 Å². The number of hydrogen-bond acceptors (Lipinski definition) is 2. The highest BCUT2D eigenvalue weighted by molar-refractivity contribution is 6.34. The van der Waals surface area contributed by atoms with Gasteiger partial charge in [0.25, 0.3) is 5.91 Å². The van der Waals surface area contributed by atoms with Crippen LogP contribution in [0.5, 0.6) is 0 Å². The first kappa shape index (κ1) is 13.6. The Balaban J connectivity index is 2.30. The molecule has 0 radical (unpaired) electrons. The summed E-state index contributed by atoms with van der Waals surface area (Å²) in [5.41, 5.74) is 2.91. The van der Waals surface area contributed by atoms with Gasteiger partial charge in [0.05, 0.1) is 10.7 Å². The van der Waals surface area contributed by atoms with Gasteiger partial charge in [0, 0.05) is 12.2 Å². The van der Waals surface area contributed by atoms with E-state index in [1.165, 1.54) is 0 Å². The van der Waals surface area contributed by atoms with E-state index in [0.29, 0.717) is 23.0 Å². The number of carbonyl (C=O) groups is 1. The molecule has 100 valence electrons. The van der Waals surface area contributed by atoms with Crippen molar-refractivity contribution in [2.75, 3.05) is 5.32 Å². The zero-order valence-corrected chi connectivity index (χ0v) is 12.0. The Hall–Kier alpha value is -1.81. The van der Waals surface area contributed by atoms with Crippen molar-refractivity contribution in [3.8, 4) is 0 Å². The first-order valence-corrected chi connectivity index (χ1v) is 6.51. The van der Waals surface area contributed by atoms with Crippen LogP contribution in [0.15, 0.2) is 24.3 Å². The molecule has 5 heteroatoms. The maximum absolute atomic E-state index is 12.3. The third-order valence-electron chi connectivity index (χ3n) is 2.84. The van der Waals surface area contributed by atoms with Crippen LogP contribution < -0.4 is 5.32 Å². The molecule has 2 rings (SSSR count). The minimum Gasteiger partial charge on any atom is -0.321 e. The molecule has 0 aliphatic rings. The molecule has 2 aromatic rings. The van der Waals surface area contributed by atoms with Crippen molar-refractivity contribution in [1.82, 2.24) is 9.78 Å². The molecule has 0 unspecified atom stereocenters. The standard InChI is InChI=1S/C14H16ClN3O/c1-4-18-13(12(15)10(3)17-18)14(19)16-11-7-5-6-9(2)8-11/h5-8H,4H2,1-3H3,(H,16,19). The zero-order chi connectivity index (χ0) is 14.0. The van der Waals surface area contributed by atoms with Gasteiger partial charge in [-0.25, -0.2) is 0 Å². The van der Waals surface area contributed by atoms with Crippen LogP contribution in [0.25, 0.3) is 0 Å². The monoisotopic (exact) mass is 277 g/mol. The van der Waals surface area contributed by atoms with Gasteiger partial charge in [-0.05, 0) is 38.5 Å². The summed E-state index contributed by atoms with van der Waals surface area (Å²) in [6.45, 7) is 6.29. The van der Waals surface area contributed by atoms with Crippen LogP contribution in [0.1, 0.15) is 28.7 Å². The lowest BCUT2D eigenvalue weighted by Gasteiger charge is -2.07. The highest BCUT2D eigenvalue weighted by Crippen LogP contribution is 2.21. The van der Waals surface area contributed by atoms with Gasteiger partial charge in [0.2, 0.25) is 0 Å². The maximum atomic E-state index is 12.3. The van der Waals surface area contributed by atoms with E-state index < -0.39 is 0 Å². The van der Waals surface area contributed by atoms with Crippen molar-refractivity contribution in [2.45, 2.75) is 27.3 Å². The highest BCUT2D eigenvalue weighted by atomic mass is 35.5. The molecular weight excluding hydrogens is 262 g/mol. The van der Waals surface area contributed by atoms with Crippen molar-refractivity contribution in [3.63, 3.8) is 0 Å². The Morgan fingerprint density at radius 3 is 2.79 bits per heavy atom. The molecule has 0 atom stereocenters. The minimum absolute atomic E-state index is 0.238. The van der Waals surface area contributed by atoms with Crippen molar-refractivity contribution in [3.05, 3.63) is 46.2 Å². The number of carbonyl (C=O) groups excluding carboxylic acids is 1. The molecule has 0 aliphatic heterocycles. The lowest BCUT2D eigenvalue weighted by Crippen LogP contribution is -2.17. The number of nitrogens with one attached hydrogen (secondary N) is 1. The van der Waals surface area contributed by atoms with Gasteiger partial charge in [-0.1, -0.05) is 23.7 Å². The van der Waals surface area contributed by atoms with Crippen LogP contribution >= 0.6 is 11.6 Å². The molecule has 1 heterocycles. The Kier molecular flexibility index (Phi) is 3.90. The van der Waals surface area contributed by atoms with Crippen molar-refractivity contribution >= 4 is 23.2 Å². The summed E-state index contributed by atoms with van der Waals surface area (Å²) in [6.07, 6.45) is 0. The minimum atomic E-state index is -0.238.